The van der Waals surface area contributed by atoms with E-state index in [2.05, 4.69) is 0 Å². The van der Waals surface area contributed by atoms with Gasteiger partial charge in [0.1, 0.15) is 10.8 Å². The number of halogens is 1. The summed E-state index contributed by atoms with van der Waals surface area (Å²) in [5, 5.41) is 0. The third-order valence-corrected chi connectivity index (χ3v) is 2.95. The zero-order chi connectivity index (χ0) is 15.3. The van der Waals surface area contributed by atoms with Gasteiger partial charge in [0.05, 0.1) is 6.54 Å². The summed E-state index contributed by atoms with van der Waals surface area (Å²) in [7, 11) is 0. The summed E-state index contributed by atoms with van der Waals surface area (Å²) in [6.45, 7) is 5.25. The standard InChI is InChI=1S/C14H20FN3OS/c1-9(2)6-18(8-13(16)19)7-10-5-11(15)3-4-12(10)14(17)20/h3-5,9H,6-8H2,1-2H3,(H2,16,19)(H2,17,20). The number of hydrogen-bond donors (Lipinski definition) is 2. The number of benzene rings is 1. The first-order valence-electron chi connectivity index (χ1n) is 6.38. The monoisotopic (exact) mass is 297 g/mol. The van der Waals surface area contributed by atoms with Crippen molar-refractivity contribution in [3.8, 4) is 0 Å². The Morgan fingerprint density at radius 3 is 2.55 bits per heavy atom. The minimum Gasteiger partial charge on any atom is -0.389 e. The fourth-order valence-corrected chi connectivity index (χ4v) is 2.30. The Morgan fingerprint density at radius 1 is 1.40 bits per heavy atom. The van der Waals surface area contributed by atoms with E-state index in [0.29, 0.717) is 30.1 Å². The molecule has 0 spiro atoms. The number of carbonyl (C=O) groups is 1. The second kappa shape index (κ2) is 7.31. The third kappa shape index (κ3) is 5.22. The molecule has 1 aromatic rings. The Morgan fingerprint density at radius 2 is 2.05 bits per heavy atom. The van der Waals surface area contributed by atoms with E-state index in [-0.39, 0.29) is 17.4 Å². The van der Waals surface area contributed by atoms with Gasteiger partial charge in [-0.1, -0.05) is 26.1 Å². The molecule has 0 heterocycles. The SMILES string of the molecule is CC(C)CN(CC(N)=O)Cc1cc(F)ccc1C(N)=S. The Hall–Kier alpha value is -1.53. The van der Waals surface area contributed by atoms with E-state index in [1.165, 1.54) is 12.1 Å². The van der Waals surface area contributed by atoms with Crippen molar-refractivity contribution in [2.24, 2.45) is 17.4 Å². The number of thiocarbonyl (C=S) groups is 1. The predicted octanol–water partition coefficient (Wildman–Crippen LogP) is 1.40. The van der Waals surface area contributed by atoms with Gasteiger partial charge in [0.15, 0.2) is 0 Å². The molecule has 4 nitrogen and oxygen atoms in total. The summed E-state index contributed by atoms with van der Waals surface area (Å²) < 4.78 is 13.4. The number of hydrogen-bond acceptors (Lipinski definition) is 3. The summed E-state index contributed by atoms with van der Waals surface area (Å²) in [6, 6.07) is 4.27. The topological polar surface area (TPSA) is 72.3 Å². The lowest BCUT2D eigenvalue weighted by Crippen LogP contribution is -2.36. The zero-order valence-corrected chi connectivity index (χ0v) is 12.5. The van der Waals surface area contributed by atoms with E-state index in [4.69, 9.17) is 23.7 Å². The second-order valence-corrected chi connectivity index (χ2v) is 5.64. The molecule has 0 atom stereocenters. The number of primary amides is 1. The predicted molar refractivity (Wildman–Crippen MR) is 81.6 cm³/mol. The molecule has 0 aliphatic rings. The molecule has 1 rings (SSSR count). The van der Waals surface area contributed by atoms with Crippen LogP contribution in [0.25, 0.3) is 0 Å². The highest BCUT2D eigenvalue weighted by atomic mass is 32.1. The maximum Gasteiger partial charge on any atom is 0.231 e. The van der Waals surface area contributed by atoms with Crippen LogP contribution in [0.3, 0.4) is 0 Å². The number of amides is 1. The number of rotatable bonds is 7. The highest BCUT2D eigenvalue weighted by molar-refractivity contribution is 7.80. The molecule has 110 valence electrons. The van der Waals surface area contributed by atoms with Crippen LogP contribution in [0, 0.1) is 11.7 Å². The molecular formula is C14H20FN3OS. The molecule has 0 aromatic heterocycles. The third-order valence-electron chi connectivity index (χ3n) is 2.73. The van der Waals surface area contributed by atoms with Gasteiger partial charge in [0.2, 0.25) is 5.91 Å². The summed E-state index contributed by atoms with van der Waals surface area (Å²) in [5.74, 6) is -0.418. The van der Waals surface area contributed by atoms with Crippen molar-refractivity contribution in [1.82, 2.24) is 4.90 Å². The largest absolute Gasteiger partial charge is 0.389 e. The zero-order valence-electron chi connectivity index (χ0n) is 11.7. The molecule has 20 heavy (non-hydrogen) atoms. The van der Waals surface area contributed by atoms with Crippen LogP contribution in [0.1, 0.15) is 25.0 Å². The van der Waals surface area contributed by atoms with Gasteiger partial charge in [0, 0.05) is 18.7 Å². The average Bonchev–Trinajstić information content (AvgIpc) is 2.26. The van der Waals surface area contributed by atoms with Gasteiger partial charge < -0.3 is 11.5 Å². The van der Waals surface area contributed by atoms with Crippen molar-refractivity contribution in [3.05, 3.63) is 35.1 Å². The molecule has 1 amide bonds. The molecule has 0 saturated carbocycles. The Balaban J connectivity index is 2.99. The molecule has 0 bridgehead atoms. The van der Waals surface area contributed by atoms with Crippen molar-refractivity contribution in [3.63, 3.8) is 0 Å². The molecule has 0 radical (unpaired) electrons. The highest BCUT2D eigenvalue weighted by Gasteiger charge is 2.14. The van der Waals surface area contributed by atoms with Crippen molar-refractivity contribution in [2.75, 3.05) is 13.1 Å². The summed E-state index contributed by atoms with van der Waals surface area (Å²) in [6.07, 6.45) is 0. The van der Waals surface area contributed by atoms with Gasteiger partial charge in [-0.15, -0.1) is 0 Å². The van der Waals surface area contributed by atoms with E-state index in [1.54, 1.807) is 6.07 Å². The molecule has 1 aromatic carbocycles. The van der Waals surface area contributed by atoms with Gasteiger partial charge in [0.25, 0.3) is 0 Å². The van der Waals surface area contributed by atoms with Crippen LogP contribution in [0.15, 0.2) is 18.2 Å². The summed E-state index contributed by atoms with van der Waals surface area (Å²) in [4.78, 5) is 13.2. The molecule has 6 heteroatoms. The molecule has 0 fully saturated rings. The molecule has 0 unspecified atom stereocenters. The first-order chi connectivity index (χ1) is 9.29. The lowest BCUT2D eigenvalue weighted by Gasteiger charge is -2.24. The van der Waals surface area contributed by atoms with Crippen molar-refractivity contribution in [2.45, 2.75) is 20.4 Å². The van der Waals surface area contributed by atoms with Crippen molar-refractivity contribution in [1.29, 1.82) is 0 Å². The van der Waals surface area contributed by atoms with Crippen LogP contribution in [-0.4, -0.2) is 28.9 Å². The number of nitrogens with zero attached hydrogens (tertiary/aromatic N) is 1. The minimum absolute atomic E-state index is 0.117. The lowest BCUT2D eigenvalue weighted by molar-refractivity contribution is -0.119. The lowest BCUT2D eigenvalue weighted by atomic mass is 10.1. The fraction of sp³-hybridized carbons (Fsp3) is 0.429. The highest BCUT2D eigenvalue weighted by Crippen LogP contribution is 2.15. The first kappa shape index (κ1) is 16.5. The van der Waals surface area contributed by atoms with Gasteiger partial charge >= 0.3 is 0 Å². The number of nitrogens with two attached hydrogens (primary N) is 2. The van der Waals surface area contributed by atoms with Gasteiger partial charge in [-0.2, -0.15) is 0 Å². The first-order valence-corrected chi connectivity index (χ1v) is 6.79. The average molecular weight is 297 g/mol. The van der Waals surface area contributed by atoms with E-state index >= 15 is 0 Å². The van der Waals surface area contributed by atoms with Crippen LogP contribution < -0.4 is 11.5 Å². The van der Waals surface area contributed by atoms with Gasteiger partial charge in [-0.3, -0.25) is 9.69 Å². The Bertz CT molecular complexity index is 505. The maximum atomic E-state index is 13.4. The van der Waals surface area contributed by atoms with E-state index < -0.39 is 5.91 Å². The molecule has 0 aliphatic heterocycles. The van der Waals surface area contributed by atoms with Crippen LogP contribution in [0.2, 0.25) is 0 Å². The quantitative estimate of drug-likeness (QED) is 0.746. The Kier molecular flexibility index (Phi) is 6.04. The molecule has 4 N–H and O–H groups in total. The minimum atomic E-state index is -0.418. The van der Waals surface area contributed by atoms with Gasteiger partial charge in [-0.05, 0) is 29.7 Å². The summed E-state index contributed by atoms with van der Waals surface area (Å²) in [5.41, 5.74) is 12.2. The van der Waals surface area contributed by atoms with Gasteiger partial charge in [-0.25, -0.2) is 4.39 Å². The van der Waals surface area contributed by atoms with Crippen LogP contribution in [-0.2, 0) is 11.3 Å². The smallest absolute Gasteiger partial charge is 0.231 e. The maximum absolute atomic E-state index is 13.4. The van der Waals surface area contributed by atoms with Crippen LogP contribution >= 0.6 is 12.2 Å². The van der Waals surface area contributed by atoms with E-state index in [0.717, 1.165) is 0 Å². The van der Waals surface area contributed by atoms with E-state index in [1.807, 2.05) is 18.7 Å². The van der Waals surface area contributed by atoms with Crippen LogP contribution in [0.5, 0.6) is 0 Å². The van der Waals surface area contributed by atoms with E-state index in [9.17, 15) is 9.18 Å². The number of carbonyl (C=O) groups excluding carboxylic acids is 1. The van der Waals surface area contributed by atoms with Crippen molar-refractivity contribution < 1.29 is 9.18 Å². The molecule has 0 saturated heterocycles. The molecule has 0 aliphatic carbocycles. The van der Waals surface area contributed by atoms with Crippen molar-refractivity contribution >= 4 is 23.1 Å². The Labute approximate surface area is 123 Å². The molecular weight excluding hydrogens is 277 g/mol. The summed E-state index contributed by atoms with van der Waals surface area (Å²) >= 11 is 4.97. The second-order valence-electron chi connectivity index (χ2n) is 5.20. The van der Waals surface area contributed by atoms with Crippen LogP contribution in [0.4, 0.5) is 4.39 Å². The normalized spacial score (nSPS) is 11.1. The fourth-order valence-electron chi connectivity index (χ4n) is 2.10.